The summed E-state index contributed by atoms with van der Waals surface area (Å²) in [5, 5.41) is 0. The highest BCUT2D eigenvalue weighted by Gasteiger charge is 2.31. The van der Waals surface area contributed by atoms with Gasteiger partial charge in [-0.05, 0) is 18.1 Å². The zero-order chi connectivity index (χ0) is 21.6. The molecule has 3 heterocycles. The maximum absolute atomic E-state index is 13.2. The van der Waals surface area contributed by atoms with Gasteiger partial charge >= 0.3 is 11.7 Å². The molecule has 0 fully saturated rings. The standard InChI is InChI=1S/C20H23N5O5/c1-12-9-23(13-7-5-6-8-14(13)29-3)19-21-17-16(24(19)10-12)18(27)25(11-15(26)30-4)20(28)22(17)2/h5-8,12H,9-11H2,1-4H3/t12-/m1/s1. The lowest BCUT2D eigenvalue weighted by atomic mass is 10.1. The van der Waals surface area contributed by atoms with E-state index in [0.29, 0.717) is 24.8 Å². The first kappa shape index (κ1) is 19.7. The highest BCUT2D eigenvalue weighted by atomic mass is 16.5. The summed E-state index contributed by atoms with van der Waals surface area (Å²) in [7, 11) is 4.35. The zero-order valence-corrected chi connectivity index (χ0v) is 17.3. The third kappa shape index (κ3) is 2.95. The van der Waals surface area contributed by atoms with Crippen molar-refractivity contribution in [2.75, 3.05) is 25.7 Å². The molecule has 0 bridgehead atoms. The molecule has 0 N–H and O–H groups in total. The van der Waals surface area contributed by atoms with Crippen molar-refractivity contribution in [3.63, 3.8) is 0 Å². The topological polar surface area (TPSA) is 101 Å². The first-order valence-corrected chi connectivity index (χ1v) is 9.54. The summed E-state index contributed by atoms with van der Waals surface area (Å²) in [6.07, 6.45) is 0. The van der Waals surface area contributed by atoms with Crippen molar-refractivity contribution in [2.45, 2.75) is 20.0 Å². The van der Waals surface area contributed by atoms with Gasteiger partial charge in [-0.1, -0.05) is 19.1 Å². The van der Waals surface area contributed by atoms with E-state index in [2.05, 4.69) is 16.6 Å². The van der Waals surface area contributed by atoms with Crippen molar-refractivity contribution in [1.29, 1.82) is 0 Å². The van der Waals surface area contributed by atoms with Gasteiger partial charge in [-0.25, -0.2) is 9.36 Å². The van der Waals surface area contributed by atoms with Gasteiger partial charge in [-0.15, -0.1) is 0 Å². The number of ether oxygens (including phenoxy) is 2. The van der Waals surface area contributed by atoms with E-state index >= 15 is 0 Å². The van der Waals surface area contributed by atoms with E-state index in [9.17, 15) is 14.4 Å². The summed E-state index contributed by atoms with van der Waals surface area (Å²) in [6.45, 7) is 2.85. The molecule has 0 saturated heterocycles. The number of esters is 1. The fourth-order valence-corrected chi connectivity index (χ4v) is 3.89. The highest BCUT2D eigenvalue weighted by Crippen LogP contribution is 2.37. The monoisotopic (exact) mass is 413 g/mol. The van der Waals surface area contributed by atoms with Crippen LogP contribution in [0.1, 0.15) is 6.92 Å². The van der Waals surface area contributed by atoms with Gasteiger partial charge < -0.3 is 18.9 Å². The fourth-order valence-electron chi connectivity index (χ4n) is 3.89. The van der Waals surface area contributed by atoms with Gasteiger partial charge in [0.15, 0.2) is 11.2 Å². The molecule has 0 spiro atoms. The lowest BCUT2D eigenvalue weighted by Crippen LogP contribution is -2.42. The van der Waals surface area contributed by atoms with E-state index in [1.807, 2.05) is 33.7 Å². The number of hydrogen-bond donors (Lipinski definition) is 0. The van der Waals surface area contributed by atoms with Crippen molar-refractivity contribution in [2.24, 2.45) is 13.0 Å². The Morgan fingerprint density at radius 3 is 2.63 bits per heavy atom. The molecule has 1 atom stereocenters. The molecule has 0 unspecified atom stereocenters. The Kier molecular flexibility index (Phi) is 4.84. The minimum absolute atomic E-state index is 0.200. The Labute approximate surface area is 171 Å². The minimum atomic E-state index is -0.670. The van der Waals surface area contributed by atoms with Crippen molar-refractivity contribution >= 4 is 28.8 Å². The first-order valence-electron chi connectivity index (χ1n) is 9.54. The lowest BCUT2D eigenvalue weighted by molar-refractivity contribution is -0.141. The van der Waals surface area contributed by atoms with Gasteiger partial charge in [-0.2, -0.15) is 4.98 Å². The Morgan fingerprint density at radius 1 is 1.20 bits per heavy atom. The fraction of sp³-hybridized carbons (Fsp3) is 0.400. The van der Waals surface area contributed by atoms with Crippen molar-refractivity contribution in [3.05, 3.63) is 45.1 Å². The second-order valence-electron chi connectivity index (χ2n) is 7.39. The van der Waals surface area contributed by atoms with Crippen molar-refractivity contribution in [1.82, 2.24) is 18.7 Å². The van der Waals surface area contributed by atoms with Crippen LogP contribution in [0.25, 0.3) is 11.2 Å². The number of nitrogens with zero attached hydrogens (tertiary/aromatic N) is 5. The smallest absolute Gasteiger partial charge is 0.333 e. The Hall–Kier alpha value is -3.56. The molecule has 30 heavy (non-hydrogen) atoms. The molecule has 10 nitrogen and oxygen atoms in total. The van der Waals surface area contributed by atoms with E-state index in [1.165, 1.54) is 18.7 Å². The SMILES string of the molecule is COC(=O)Cn1c(=O)c2c(nc3n2C[C@H](C)CN3c2ccccc2OC)n(C)c1=O. The predicted octanol–water partition coefficient (Wildman–Crippen LogP) is 0.866. The molecular weight excluding hydrogens is 390 g/mol. The maximum atomic E-state index is 13.2. The van der Waals surface area contributed by atoms with Gasteiger partial charge in [-0.3, -0.25) is 14.2 Å². The van der Waals surface area contributed by atoms with E-state index in [1.54, 1.807) is 7.11 Å². The Bertz CT molecular complexity index is 1250. The molecule has 10 heteroatoms. The largest absolute Gasteiger partial charge is 0.495 e. The molecule has 0 radical (unpaired) electrons. The van der Waals surface area contributed by atoms with E-state index < -0.39 is 23.8 Å². The normalized spacial score (nSPS) is 15.9. The zero-order valence-electron chi connectivity index (χ0n) is 17.3. The van der Waals surface area contributed by atoms with Crippen molar-refractivity contribution < 1.29 is 14.3 Å². The van der Waals surface area contributed by atoms with Crippen LogP contribution in [-0.2, 0) is 29.7 Å². The molecule has 3 aromatic rings. The summed E-state index contributed by atoms with van der Waals surface area (Å²) >= 11 is 0. The number of anilines is 2. The van der Waals surface area contributed by atoms with Gasteiger partial charge in [0.05, 0.1) is 19.9 Å². The molecule has 0 amide bonds. The number of aromatic nitrogens is 4. The number of fused-ring (bicyclic) bond motifs is 3. The summed E-state index contributed by atoms with van der Waals surface area (Å²) in [5.74, 6) is 0.763. The third-order valence-corrected chi connectivity index (χ3v) is 5.33. The quantitative estimate of drug-likeness (QED) is 0.585. The van der Waals surface area contributed by atoms with Crippen molar-refractivity contribution in [3.8, 4) is 5.75 Å². The average Bonchev–Trinajstić information content (AvgIpc) is 3.13. The van der Waals surface area contributed by atoms with Crippen LogP contribution < -0.4 is 20.9 Å². The summed E-state index contributed by atoms with van der Waals surface area (Å²) in [6, 6.07) is 7.58. The molecule has 4 rings (SSSR count). The number of aryl methyl sites for hydroxylation is 1. The van der Waals surface area contributed by atoms with Crippen LogP contribution in [0.3, 0.4) is 0 Å². The molecular formula is C20H23N5O5. The van der Waals surface area contributed by atoms with Crippen LogP contribution in [0, 0.1) is 5.92 Å². The molecule has 1 aliphatic rings. The van der Waals surface area contributed by atoms with Gasteiger partial charge in [0.25, 0.3) is 5.56 Å². The Balaban J connectivity index is 2.00. The summed E-state index contributed by atoms with van der Waals surface area (Å²) in [4.78, 5) is 44.3. The minimum Gasteiger partial charge on any atom is -0.495 e. The molecule has 1 aliphatic heterocycles. The average molecular weight is 413 g/mol. The van der Waals surface area contributed by atoms with Crippen LogP contribution in [-0.4, -0.2) is 45.4 Å². The van der Waals surface area contributed by atoms with Crippen LogP contribution in [0.4, 0.5) is 11.6 Å². The van der Waals surface area contributed by atoms with Crippen LogP contribution in [0.15, 0.2) is 33.9 Å². The number of carbonyl (C=O) groups excluding carboxylic acids is 1. The first-order chi connectivity index (χ1) is 14.4. The summed E-state index contributed by atoms with van der Waals surface area (Å²) in [5.41, 5.74) is 0.192. The number of methoxy groups -OCH3 is 2. The Morgan fingerprint density at radius 2 is 1.93 bits per heavy atom. The van der Waals surface area contributed by atoms with Crippen LogP contribution in [0.5, 0.6) is 5.75 Å². The number of imidazole rings is 1. The van der Waals surface area contributed by atoms with Gasteiger partial charge in [0.2, 0.25) is 5.95 Å². The molecule has 2 aromatic heterocycles. The lowest BCUT2D eigenvalue weighted by Gasteiger charge is -2.33. The second-order valence-corrected chi connectivity index (χ2v) is 7.39. The number of hydrogen-bond acceptors (Lipinski definition) is 7. The van der Waals surface area contributed by atoms with E-state index in [0.717, 1.165) is 10.3 Å². The van der Waals surface area contributed by atoms with Crippen LogP contribution >= 0.6 is 0 Å². The predicted molar refractivity (Wildman–Crippen MR) is 110 cm³/mol. The molecule has 0 aliphatic carbocycles. The molecule has 1 aromatic carbocycles. The molecule has 0 saturated carbocycles. The second kappa shape index (κ2) is 7.36. The highest BCUT2D eigenvalue weighted by molar-refractivity contribution is 5.78. The van der Waals surface area contributed by atoms with E-state index in [-0.39, 0.29) is 17.1 Å². The number of rotatable bonds is 4. The van der Waals surface area contributed by atoms with Gasteiger partial charge in [0.1, 0.15) is 12.3 Å². The number of para-hydroxylation sites is 2. The maximum Gasteiger partial charge on any atom is 0.333 e. The summed E-state index contributed by atoms with van der Waals surface area (Å²) < 4.78 is 14.1. The number of carbonyl (C=O) groups is 1. The number of benzene rings is 1. The third-order valence-electron chi connectivity index (χ3n) is 5.33. The van der Waals surface area contributed by atoms with Crippen LogP contribution in [0.2, 0.25) is 0 Å². The molecule has 158 valence electrons. The van der Waals surface area contributed by atoms with E-state index in [4.69, 9.17) is 4.74 Å². The van der Waals surface area contributed by atoms with Gasteiger partial charge in [0, 0.05) is 20.1 Å².